The summed E-state index contributed by atoms with van der Waals surface area (Å²) in [7, 11) is 0. The van der Waals surface area contributed by atoms with Crippen molar-refractivity contribution < 1.29 is 9.59 Å². The molecule has 20 heavy (non-hydrogen) atoms. The van der Waals surface area contributed by atoms with E-state index in [1.807, 2.05) is 4.90 Å². The Labute approximate surface area is 123 Å². The van der Waals surface area contributed by atoms with Gasteiger partial charge in [-0.05, 0) is 25.0 Å². The lowest BCUT2D eigenvalue weighted by molar-refractivity contribution is -0.130. The van der Waals surface area contributed by atoms with Gasteiger partial charge in [-0.1, -0.05) is 24.4 Å². The standard InChI is InChI=1S/C14H18ClN3O2/c15-11-5-6-16-12(9-11)14(20)17-10-13(19)18-7-3-1-2-4-8-18/h5-6,9H,1-4,7-8,10H2,(H,17,20). The maximum atomic E-state index is 12.0. The van der Waals surface area contributed by atoms with Gasteiger partial charge in [-0.3, -0.25) is 14.6 Å². The fourth-order valence-electron chi connectivity index (χ4n) is 2.21. The predicted molar refractivity (Wildman–Crippen MR) is 76.6 cm³/mol. The first-order valence-electron chi connectivity index (χ1n) is 6.84. The summed E-state index contributed by atoms with van der Waals surface area (Å²) in [6, 6.07) is 3.08. The maximum Gasteiger partial charge on any atom is 0.270 e. The Kier molecular flexibility index (Phi) is 5.35. The Morgan fingerprint density at radius 2 is 1.95 bits per heavy atom. The van der Waals surface area contributed by atoms with E-state index in [2.05, 4.69) is 10.3 Å². The van der Waals surface area contributed by atoms with Crippen LogP contribution < -0.4 is 5.32 Å². The predicted octanol–water partition coefficient (Wildman–Crippen LogP) is 1.87. The number of halogens is 1. The molecule has 1 aliphatic rings. The average molecular weight is 296 g/mol. The largest absolute Gasteiger partial charge is 0.342 e. The second kappa shape index (κ2) is 7.24. The number of hydrogen-bond donors (Lipinski definition) is 1. The van der Waals surface area contributed by atoms with Crippen molar-refractivity contribution in [1.29, 1.82) is 0 Å². The number of nitrogens with one attached hydrogen (secondary N) is 1. The molecule has 2 rings (SSSR count). The number of aromatic nitrogens is 1. The summed E-state index contributed by atoms with van der Waals surface area (Å²) in [5.74, 6) is -0.419. The third-order valence-corrected chi connectivity index (χ3v) is 3.55. The van der Waals surface area contributed by atoms with Crippen LogP contribution >= 0.6 is 11.6 Å². The molecule has 0 unspecified atom stereocenters. The minimum absolute atomic E-state index is 0.00697. The van der Waals surface area contributed by atoms with E-state index in [1.165, 1.54) is 25.1 Å². The average Bonchev–Trinajstić information content (AvgIpc) is 2.73. The highest BCUT2D eigenvalue weighted by Crippen LogP contribution is 2.10. The first kappa shape index (κ1) is 14.8. The van der Waals surface area contributed by atoms with E-state index in [0.717, 1.165) is 25.9 Å². The van der Waals surface area contributed by atoms with Crippen LogP contribution in [0.5, 0.6) is 0 Å². The van der Waals surface area contributed by atoms with Gasteiger partial charge >= 0.3 is 0 Å². The number of carbonyl (C=O) groups excluding carboxylic acids is 2. The molecule has 1 fully saturated rings. The Balaban J connectivity index is 1.84. The van der Waals surface area contributed by atoms with Crippen molar-refractivity contribution in [2.24, 2.45) is 0 Å². The molecular formula is C14H18ClN3O2. The zero-order valence-electron chi connectivity index (χ0n) is 11.3. The lowest BCUT2D eigenvalue weighted by atomic mass is 10.2. The molecule has 0 radical (unpaired) electrons. The molecular weight excluding hydrogens is 278 g/mol. The molecule has 2 heterocycles. The third-order valence-electron chi connectivity index (χ3n) is 3.31. The van der Waals surface area contributed by atoms with Crippen molar-refractivity contribution >= 4 is 23.4 Å². The van der Waals surface area contributed by atoms with Gasteiger partial charge in [-0.15, -0.1) is 0 Å². The highest BCUT2D eigenvalue weighted by molar-refractivity contribution is 6.30. The Morgan fingerprint density at radius 1 is 1.25 bits per heavy atom. The van der Waals surface area contributed by atoms with Crippen LogP contribution in [0.2, 0.25) is 5.02 Å². The first-order chi connectivity index (χ1) is 9.66. The third kappa shape index (κ3) is 4.20. The van der Waals surface area contributed by atoms with Crippen molar-refractivity contribution in [3.05, 3.63) is 29.0 Å². The van der Waals surface area contributed by atoms with Crippen molar-refractivity contribution in [1.82, 2.24) is 15.2 Å². The van der Waals surface area contributed by atoms with Crippen molar-refractivity contribution in [3.63, 3.8) is 0 Å². The number of carbonyl (C=O) groups is 2. The van der Waals surface area contributed by atoms with Crippen LogP contribution in [0, 0.1) is 0 Å². The van der Waals surface area contributed by atoms with Gasteiger partial charge in [0.1, 0.15) is 5.69 Å². The summed E-state index contributed by atoms with van der Waals surface area (Å²) in [6.45, 7) is 1.57. The van der Waals surface area contributed by atoms with E-state index in [9.17, 15) is 9.59 Å². The molecule has 1 aromatic heterocycles. The van der Waals surface area contributed by atoms with Crippen LogP contribution in [0.15, 0.2) is 18.3 Å². The van der Waals surface area contributed by atoms with Crippen LogP contribution in [-0.4, -0.2) is 41.3 Å². The lowest BCUT2D eigenvalue weighted by Crippen LogP contribution is -2.40. The van der Waals surface area contributed by atoms with Crippen LogP contribution in [0.25, 0.3) is 0 Å². The Bertz CT molecular complexity index is 485. The van der Waals surface area contributed by atoms with Crippen LogP contribution in [0.1, 0.15) is 36.2 Å². The molecule has 108 valence electrons. The molecule has 1 N–H and O–H groups in total. The summed E-state index contributed by atoms with van der Waals surface area (Å²) in [5, 5.41) is 3.04. The van der Waals surface area contributed by atoms with Crippen LogP contribution in [0.3, 0.4) is 0 Å². The van der Waals surface area contributed by atoms with Crippen LogP contribution in [0.4, 0.5) is 0 Å². The van der Waals surface area contributed by atoms with E-state index in [-0.39, 0.29) is 24.1 Å². The normalized spacial score (nSPS) is 15.6. The minimum Gasteiger partial charge on any atom is -0.342 e. The van der Waals surface area contributed by atoms with Gasteiger partial charge in [0.15, 0.2) is 0 Å². The van der Waals surface area contributed by atoms with Crippen molar-refractivity contribution in [3.8, 4) is 0 Å². The van der Waals surface area contributed by atoms with Gasteiger partial charge in [0.05, 0.1) is 6.54 Å². The fraction of sp³-hybridized carbons (Fsp3) is 0.500. The van der Waals surface area contributed by atoms with Crippen molar-refractivity contribution in [2.45, 2.75) is 25.7 Å². The first-order valence-corrected chi connectivity index (χ1v) is 7.22. The molecule has 5 nitrogen and oxygen atoms in total. The zero-order chi connectivity index (χ0) is 14.4. The molecule has 0 spiro atoms. The number of rotatable bonds is 3. The number of amides is 2. The van der Waals surface area contributed by atoms with Gasteiger partial charge in [0.25, 0.3) is 5.91 Å². The van der Waals surface area contributed by atoms with E-state index < -0.39 is 0 Å². The topological polar surface area (TPSA) is 62.3 Å². The van der Waals surface area contributed by atoms with Gasteiger partial charge in [-0.25, -0.2) is 0 Å². The van der Waals surface area contributed by atoms with Gasteiger partial charge in [0.2, 0.25) is 5.91 Å². The van der Waals surface area contributed by atoms with Crippen LogP contribution in [-0.2, 0) is 4.79 Å². The number of likely N-dealkylation sites (tertiary alicyclic amines) is 1. The molecule has 6 heteroatoms. The highest BCUT2D eigenvalue weighted by atomic mass is 35.5. The molecule has 1 aromatic rings. The summed E-state index contributed by atoms with van der Waals surface area (Å²) in [4.78, 5) is 29.6. The summed E-state index contributed by atoms with van der Waals surface area (Å²) >= 11 is 5.80. The molecule has 0 saturated carbocycles. The minimum atomic E-state index is -0.379. The molecule has 0 aromatic carbocycles. The fourth-order valence-corrected chi connectivity index (χ4v) is 2.37. The molecule has 2 amide bonds. The number of hydrogen-bond acceptors (Lipinski definition) is 3. The maximum absolute atomic E-state index is 12.0. The monoisotopic (exact) mass is 295 g/mol. The summed E-state index contributed by atoms with van der Waals surface area (Å²) < 4.78 is 0. The van der Waals surface area contributed by atoms with Gasteiger partial charge < -0.3 is 10.2 Å². The lowest BCUT2D eigenvalue weighted by Gasteiger charge is -2.20. The smallest absolute Gasteiger partial charge is 0.270 e. The Morgan fingerprint density at radius 3 is 2.60 bits per heavy atom. The molecule has 0 aliphatic carbocycles. The number of nitrogens with zero attached hydrogens (tertiary/aromatic N) is 2. The van der Waals surface area contributed by atoms with E-state index in [1.54, 1.807) is 6.07 Å². The Hall–Kier alpha value is -1.62. The van der Waals surface area contributed by atoms with Gasteiger partial charge in [-0.2, -0.15) is 0 Å². The summed E-state index contributed by atoms with van der Waals surface area (Å²) in [6.07, 6.45) is 5.88. The second-order valence-corrected chi connectivity index (χ2v) is 5.27. The highest BCUT2D eigenvalue weighted by Gasteiger charge is 2.16. The van der Waals surface area contributed by atoms with E-state index in [4.69, 9.17) is 11.6 Å². The molecule has 1 saturated heterocycles. The second-order valence-electron chi connectivity index (χ2n) is 4.84. The summed E-state index contributed by atoms with van der Waals surface area (Å²) in [5.41, 5.74) is 0.223. The van der Waals surface area contributed by atoms with E-state index >= 15 is 0 Å². The quantitative estimate of drug-likeness (QED) is 0.926. The SMILES string of the molecule is O=C(NCC(=O)N1CCCCCC1)c1cc(Cl)ccn1. The molecule has 0 atom stereocenters. The van der Waals surface area contributed by atoms with Gasteiger partial charge in [0, 0.05) is 24.3 Å². The van der Waals surface area contributed by atoms with Crippen molar-refractivity contribution in [2.75, 3.05) is 19.6 Å². The molecule has 1 aliphatic heterocycles. The van der Waals surface area contributed by atoms with E-state index in [0.29, 0.717) is 5.02 Å². The number of pyridine rings is 1. The molecule has 0 bridgehead atoms. The zero-order valence-corrected chi connectivity index (χ0v) is 12.0.